The number of fused-ring (bicyclic) bond motifs is 1. The molecule has 21 heavy (non-hydrogen) atoms. The molecule has 0 spiro atoms. The van der Waals surface area contributed by atoms with Crippen molar-refractivity contribution in [3.63, 3.8) is 0 Å². The van der Waals surface area contributed by atoms with Gasteiger partial charge in [-0.3, -0.25) is 0 Å². The quantitative estimate of drug-likeness (QED) is 0.777. The summed E-state index contributed by atoms with van der Waals surface area (Å²) in [6.07, 6.45) is 2.13. The Labute approximate surface area is 125 Å². The van der Waals surface area contributed by atoms with E-state index >= 15 is 0 Å². The molecule has 0 fully saturated rings. The van der Waals surface area contributed by atoms with E-state index in [1.807, 2.05) is 12.1 Å². The zero-order valence-corrected chi connectivity index (χ0v) is 12.3. The van der Waals surface area contributed by atoms with E-state index in [-0.39, 0.29) is 0 Å². The third-order valence-corrected chi connectivity index (χ3v) is 3.68. The van der Waals surface area contributed by atoms with Crippen LogP contribution in [0.5, 0.6) is 5.75 Å². The van der Waals surface area contributed by atoms with Gasteiger partial charge in [0.15, 0.2) is 0 Å². The largest absolute Gasteiger partial charge is 0.492 e. The van der Waals surface area contributed by atoms with Crippen LogP contribution in [0.4, 0.5) is 0 Å². The molecular weight excluding hydrogens is 260 g/mol. The fourth-order valence-corrected chi connectivity index (χ4v) is 2.64. The first kappa shape index (κ1) is 13.7. The SMILES string of the molecule is Cc1cccc(OCCn2cc(CN)c3ccccc32)c1. The molecular formula is C18H20N2O. The topological polar surface area (TPSA) is 40.2 Å². The van der Waals surface area contributed by atoms with Gasteiger partial charge in [0.25, 0.3) is 0 Å². The van der Waals surface area contributed by atoms with Crippen molar-refractivity contribution in [1.82, 2.24) is 4.57 Å². The van der Waals surface area contributed by atoms with Crippen molar-refractivity contribution in [2.45, 2.75) is 20.0 Å². The molecule has 1 heterocycles. The second-order valence-corrected chi connectivity index (χ2v) is 5.23. The Bertz CT molecular complexity index is 746. The van der Waals surface area contributed by atoms with Gasteiger partial charge < -0.3 is 15.0 Å². The third-order valence-electron chi connectivity index (χ3n) is 3.68. The van der Waals surface area contributed by atoms with Gasteiger partial charge in [-0.15, -0.1) is 0 Å². The Balaban J connectivity index is 1.73. The second kappa shape index (κ2) is 6.02. The molecule has 0 aliphatic carbocycles. The van der Waals surface area contributed by atoms with Crippen molar-refractivity contribution in [1.29, 1.82) is 0 Å². The number of hydrogen-bond acceptors (Lipinski definition) is 2. The summed E-state index contributed by atoms with van der Waals surface area (Å²) in [5.74, 6) is 0.922. The number of para-hydroxylation sites is 1. The monoisotopic (exact) mass is 280 g/mol. The minimum Gasteiger partial charge on any atom is -0.492 e. The molecule has 0 saturated carbocycles. The first-order valence-electron chi connectivity index (χ1n) is 7.24. The fourth-order valence-electron chi connectivity index (χ4n) is 2.64. The highest BCUT2D eigenvalue weighted by molar-refractivity contribution is 5.83. The highest BCUT2D eigenvalue weighted by Crippen LogP contribution is 2.21. The number of nitrogens with zero attached hydrogens (tertiary/aromatic N) is 1. The maximum atomic E-state index is 5.83. The van der Waals surface area contributed by atoms with Crippen LogP contribution >= 0.6 is 0 Å². The lowest BCUT2D eigenvalue weighted by atomic mass is 10.2. The summed E-state index contributed by atoms with van der Waals surface area (Å²) in [7, 11) is 0. The number of rotatable bonds is 5. The molecule has 0 radical (unpaired) electrons. The number of aromatic nitrogens is 1. The third kappa shape index (κ3) is 2.93. The van der Waals surface area contributed by atoms with Crippen LogP contribution in [0.1, 0.15) is 11.1 Å². The molecule has 0 aliphatic rings. The second-order valence-electron chi connectivity index (χ2n) is 5.23. The smallest absolute Gasteiger partial charge is 0.119 e. The lowest BCUT2D eigenvalue weighted by Crippen LogP contribution is -2.07. The molecule has 2 N–H and O–H groups in total. The zero-order chi connectivity index (χ0) is 14.7. The van der Waals surface area contributed by atoms with E-state index in [1.54, 1.807) is 0 Å². The number of nitrogens with two attached hydrogens (primary N) is 1. The van der Waals surface area contributed by atoms with Crippen LogP contribution in [0.2, 0.25) is 0 Å². The lowest BCUT2D eigenvalue weighted by Gasteiger charge is -2.08. The minimum absolute atomic E-state index is 0.562. The van der Waals surface area contributed by atoms with Gasteiger partial charge in [0, 0.05) is 23.6 Å². The number of ether oxygens (including phenoxy) is 1. The highest BCUT2D eigenvalue weighted by Gasteiger charge is 2.06. The highest BCUT2D eigenvalue weighted by atomic mass is 16.5. The molecule has 0 unspecified atom stereocenters. The Kier molecular flexibility index (Phi) is 3.93. The molecule has 0 amide bonds. The number of hydrogen-bond donors (Lipinski definition) is 1. The van der Waals surface area contributed by atoms with Crippen molar-refractivity contribution in [2.75, 3.05) is 6.61 Å². The van der Waals surface area contributed by atoms with E-state index in [0.29, 0.717) is 13.2 Å². The maximum absolute atomic E-state index is 5.83. The standard InChI is InChI=1S/C18H20N2O/c1-14-5-4-6-16(11-14)21-10-9-20-13-15(12-19)17-7-2-3-8-18(17)20/h2-8,11,13H,9-10,12,19H2,1H3. The molecule has 0 aliphatic heterocycles. The Morgan fingerprint density at radius 1 is 1.10 bits per heavy atom. The van der Waals surface area contributed by atoms with Gasteiger partial charge in [-0.05, 0) is 36.2 Å². The van der Waals surface area contributed by atoms with Crippen LogP contribution in [-0.4, -0.2) is 11.2 Å². The Hall–Kier alpha value is -2.26. The minimum atomic E-state index is 0.562. The molecule has 0 saturated heterocycles. The molecule has 0 atom stereocenters. The predicted molar refractivity (Wildman–Crippen MR) is 86.5 cm³/mol. The Morgan fingerprint density at radius 2 is 1.95 bits per heavy atom. The summed E-state index contributed by atoms with van der Waals surface area (Å²) in [4.78, 5) is 0. The molecule has 1 aromatic heterocycles. The van der Waals surface area contributed by atoms with E-state index in [1.165, 1.54) is 22.0 Å². The summed E-state index contributed by atoms with van der Waals surface area (Å²) in [6, 6.07) is 16.5. The fraction of sp³-hybridized carbons (Fsp3) is 0.222. The maximum Gasteiger partial charge on any atom is 0.119 e. The van der Waals surface area contributed by atoms with Crippen molar-refractivity contribution in [2.24, 2.45) is 5.73 Å². The van der Waals surface area contributed by atoms with Gasteiger partial charge in [0.2, 0.25) is 0 Å². The van der Waals surface area contributed by atoms with Crippen molar-refractivity contribution in [3.8, 4) is 5.75 Å². The van der Waals surface area contributed by atoms with Crippen LogP contribution in [0, 0.1) is 6.92 Å². The summed E-state index contributed by atoms with van der Waals surface area (Å²) in [5.41, 5.74) is 9.43. The van der Waals surface area contributed by atoms with Crippen molar-refractivity contribution < 1.29 is 4.74 Å². The van der Waals surface area contributed by atoms with Gasteiger partial charge in [0.05, 0.1) is 6.54 Å². The van der Waals surface area contributed by atoms with E-state index < -0.39 is 0 Å². The average molecular weight is 280 g/mol. The van der Waals surface area contributed by atoms with E-state index in [9.17, 15) is 0 Å². The van der Waals surface area contributed by atoms with E-state index in [0.717, 1.165) is 12.3 Å². The molecule has 2 aromatic carbocycles. The molecule has 3 heteroatoms. The number of aryl methyl sites for hydroxylation is 1. The van der Waals surface area contributed by atoms with Crippen molar-refractivity contribution in [3.05, 3.63) is 65.9 Å². The van der Waals surface area contributed by atoms with Crippen molar-refractivity contribution >= 4 is 10.9 Å². The van der Waals surface area contributed by atoms with Gasteiger partial charge >= 0.3 is 0 Å². The van der Waals surface area contributed by atoms with Gasteiger partial charge in [-0.25, -0.2) is 0 Å². The van der Waals surface area contributed by atoms with Crippen LogP contribution in [-0.2, 0) is 13.1 Å². The molecule has 108 valence electrons. The summed E-state index contributed by atoms with van der Waals surface area (Å²) < 4.78 is 8.05. The van der Waals surface area contributed by atoms with Gasteiger partial charge in [-0.2, -0.15) is 0 Å². The molecule has 0 bridgehead atoms. The van der Waals surface area contributed by atoms with Crippen LogP contribution in [0.15, 0.2) is 54.7 Å². The van der Waals surface area contributed by atoms with E-state index in [2.05, 4.69) is 54.1 Å². The molecule has 3 aromatic rings. The first-order chi connectivity index (χ1) is 10.3. The van der Waals surface area contributed by atoms with Gasteiger partial charge in [0.1, 0.15) is 12.4 Å². The van der Waals surface area contributed by atoms with Crippen LogP contribution in [0.25, 0.3) is 10.9 Å². The van der Waals surface area contributed by atoms with Crippen LogP contribution in [0.3, 0.4) is 0 Å². The zero-order valence-electron chi connectivity index (χ0n) is 12.3. The van der Waals surface area contributed by atoms with Crippen LogP contribution < -0.4 is 10.5 Å². The van der Waals surface area contributed by atoms with E-state index in [4.69, 9.17) is 10.5 Å². The predicted octanol–water partition coefficient (Wildman–Crippen LogP) is 3.49. The average Bonchev–Trinajstić information content (AvgIpc) is 2.86. The lowest BCUT2D eigenvalue weighted by molar-refractivity contribution is 0.300. The normalized spacial score (nSPS) is 11.0. The summed E-state index contributed by atoms with van der Waals surface area (Å²) >= 11 is 0. The molecule has 3 rings (SSSR count). The first-order valence-corrected chi connectivity index (χ1v) is 7.24. The van der Waals surface area contributed by atoms with Gasteiger partial charge in [-0.1, -0.05) is 30.3 Å². The summed E-state index contributed by atoms with van der Waals surface area (Å²) in [6.45, 7) is 4.09. The summed E-state index contributed by atoms with van der Waals surface area (Å²) in [5, 5.41) is 1.23. The molecule has 3 nitrogen and oxygen atoms in total. The Morgan fingerprint density at radius 3 is 2.76 bits per heavy atom. The number of benzene rings is 2.